The van der Waals surface area contributed by atoms with Crippen molar-refractivity contribution in [2.45, 2.75) is 13.5 Å². The van der Waals surface area contributed by atoms with Crippen LogP contribution in [0, 0.1) is 6.92 Å². The highest BCUT2D eigenvalue weighted by atomic mass is 16.5. The molecular weight excluding hydrogens is 250 g/mol. The Morgan fingerprint density at radius 3 is 2.85 bits per heavy atom. The molecule has 0 amide bonds. The molecule has 0 bridgehead atoms. The maximum atomic E-state index is 5.78. The predicted octanol–water partition coefficient (Wildman–Crippen LogP) is 3.10. The second-order valence-corrected chi connectivity index (χ2v) is 4.62. The Morgan fingerprint density at radius 1 is 1.15 bits per heavy atom. The molecule has 4 heteroatoms. The summed E-state index contributed by atoms with van der Waals surface area (Å²) in [5, 5.41) is 1.10. The average molecular weight is 265 g/mol. The zero-order valence-electron chi connectivity index (χ0n) is 11.2. The third-order valence-corrected chi connectivity index (χ3v) is 3.11. The zero-order chi connectivity index (χ0) is 13.9. The molecule has 3 aromatic rings. The van der Waals surface area contributed by atoms with Gasteiger partial charge in [-0.15, -0.1) is 0 Å². The third kappa shape index (κ3) is 2.40. The lowest BCUT2D eigenvalue weighted by Gasteiger charge is -2.10. The number of hydrogen-bond acceptors (Lipinski definition) is 4. The molecule has 3 rings (SSSR count). The molecule has 2 heterocycles. The molecule has 4 nitrogen and oxygen atoms in total. The van der Waals surface area contributed by atoms with E-state index in [4.69, 9.17) is 10.5 Å². The van der Waals surface area contributed by atoms with E-state index in [1.807, 2.05) is 49.4 Å². The number of hydrogen-bond donors (Lipinski definition) is 1. The SMILES string of the molecule is Cc1cc(COc2cccnc2N)c2ccccc2n1. The Kier molecular flexibility index (Phi) is 3.21. The number of pyridine rings is 2. The summed E-state index contributed by atoms with van der Waals surface area (Å²) in [4.78, 5) is 8.53. The number of para-hydroxylation sites is 1. The van der Waals surface area contributed by atoms with E-state index in [0.717, 1.165) is 22.2 Å². The number of nitrogens with two attached hydrogens (primary N) is 1. The van der Waals surface area contributed by atoms with Crippen LogP contribution < -0.4 is 10.5 Å². The van der Waals surface area contributed by atoms with Crippen LogP contribution in [0.5, 0.6) is 5.75 Å². The second kappa shape index (κ2) is 5.17. The average Bonchev–Trinajstić information content (AvgIpc) is 2.46. The van der Waals surface area contributed by atoms with Crippen molar-refractivity contribution in [3.8, 4) is 5.75 Å². The molecule has 0 atom stereocenters. The molecular formula is C16H15N3O. The van der Waals surface area contributed by atoms with Gasteiger partial charge in [0.1, 0.15) is 6.61 Å². The monoisotopic (exact) mass is 265 g/mol. The fourth-order valence-electron chi connectivity index (χ4n) is 2.19. The molecule has 2 aromatic heterocycles. The third-order valence-electron chi connectivity index (χ3n) is 3.11. The number of rotatable bonds is 3. The van der Waals surface area contributed by atoms with Gasteiger partial charge in [-0.25, -0.2) is 4.98 Å². The summed E-state index contributed by atoms with van der Waals surface area (Å²) in [5.74, 6) is 1.01. The summed E-state index contributed by atoms with van der Waals surface area (Å²) in [6.07, 6.45) is 1.65. The molecule has 0 aliphatic rings. The van der Waals surface area contributed by atoms with Crippen LogP contribution in [0.3, 0.4) is 0 Å². The Hall–Kier alpha value is -2.62. The van der Waals surface area contributed by atoms with E-state index in [1.165, 1.54) is 0 Å². The molecule has 20 heavy (non-hydrogen) atoms. The topological polar surface area (TPSA) is 61.0 Å². The van der Waals surface area contributed by atoms with Crippen LogP contribution in [-0.4, -0.2) is 9.97 Å². The largest absolute Gasteiger partial charge is 0.485 e. The summed E-state index contributed by atoms with van der Waals surface area (Å²) in [7, 11) is 0. The van der Waals surface area contributed by atoms with E-state index in [2.05, 4.69) is 9.97 Å². The number of aryl methyl sites for hydroxylation is 1. The number of anilines is 1. The van der Waals surface area contributed by atoms with Gasteiger partial charge >= 0.3 is 0 Å². The molecule has 2 N–H and O–H groups in total. The highest BCUT2D eigenvalue weighted by molar-refractivity contribution is 5.82. The van der Waals surface area contributed by atoms with Crippen molar-refractivity contribution < 1.29 is 4.74 Å². The number of aromatic nitrogens is 2. The van der Waals surface area contributed by atoms with Crippen molar-refractivity contribution >= 4 is 16.7 Å². The van der Waals surface area contributed by atoms with Gasteiger partial charge in [0.2, 0.25) is 0 Å². The number of nitrogens with zero attached hydrogens (tertiary/aromatic N) is 2. The van der Waals surface area contributed by atoms with E-state index < -0.39 is 0 Å². The maximum Gasteiger partial charge on any atom is 0.166 e. The summed E-state index contributed by atoms with van der Waals surface area (Å²) >= 11 is 0. The van der Waals surface area contributed by atoms with Gasteiger partial charge < -0.3 is 10.5 Å². The van der Waals surface area contributed by atoms with Gasteiger partial charge in [0, 0.05) is 22.8 Å². The Labute approximate surface area is 117 Å². The van der Waals surface area contributed by atoms with Crippen LogP contribution in [0.15, 0.2) is 48.7 Å². The number of benzene rings is 1. The van der Waals surface area contributed by atoms with Gasteiger partial charge in [0.15, 0.2) is 11.6 Å². The van der Waals surface area contributed by atoms with Crippen molar-refractivity contribution in [2.75, 3.05) is 5.73 Å². The predicted molar refractivity (Wildman–Crippen MR) is 79.5 cm³/mol. The van der Waals surface area contributed by atoms with Crippen molar-refractivity contribution in [1.29, 1.82) is 0 Å². The number of fused-ring (bicyclic) bond motifs is 1. The minimum atomic E-state index is 0.405. The van der Waals surface area contributed by atoms with Gasteiger partial charge in [-0.05, 0) is 31.2 Å². The molecule has 0 saturated carbocycles. The van der Waals surface area contributed by atoms with Crippen molar-refractivity contribution in [3.63, 3.8) is 0 Å². The van der Waals surface area contributed by atoms with Crippen LogP contribution in [0.2, 0.25) is 0 Å². The van der Waals surface area contributed by atoms with Crippen LogP contribution in [0.4, 0.5) is 5.82 Å². The Balaban J connectivity index is 1.93. The second-order valence-electron chi connectivity index (χ2n) is 4.62. The van der Waals surface area contributed by atoms with Gasteiger partial charge in [-0.1, -0.05) is 18.2 Å². The van der Waals surface area contributed by atoms with E-state index in [9.17, 15) is 0 Å². The first-order valence-electron chi connectivity index (χ1n) is 6.42. The minimum absolute atomic E-state index is 0.405. The first-order valence-corrected chi connectivity index (χ1v) is 6.42. The van der Waals surface area contributed by atoms with Gasteiger partial charge in [0.05, 0.1) is 5.52 Å². The smallest absolute Gasteiger partial charge is 0.166 e. The molecule has 0 aliphatic heterocycles. The molecule has 0 spiro atoms. The van der Waals surface area contributed by atoms with Crippen LogP contribution in [0.1, 0.15) is 11.3 Å². The molecule has 0 saturated heterocycles. The van der Waals surface area contributed by atoms with E-state index >= 15 is 0 Å². The minimum Gasteiger partial charge on any atom is -0.485 e. The van der Waals surface area contributed by atoms with E-state index in [0.29, 0.717) is 18.2 Å². The van der Waals surface area contributed by atoms with Crippen LogP contribution in [0.25, 0.3) is 10.9 Å². The molecule has 0 fully saturated rings. The highest BCUT2D eigenvalue weighted by Gasteiger charge is 2.06. The normalized spacial score (nSPS) is 10.7. The molecule has 1 aromatic carbocycles. The first kappa shape index (κ1) is 12.4. The van der Waals surface area contributed by atoms with Crippen molar-refractivity contribution in [2.24, 2.45) is 0 Å². The summed E-state index contributed by atoms with van der Waals surface area (Å²) in [5.41, 5.74) is 8.82. The first-order chi connectivity index (χ1) is 9.74. The lowest BCUT2D eigenvalue weighted by molar-refractivity contribution is 0.308. The Bertz CT molecular complexity index is 756. The quantitative estimate of drug-likeness (QED) is 0.790. The van der Waals surface area contributed by atoms with E-state index in [1.54, 1.807) is 6.20 Å². The van der Waals surface area contributed by atoms with Crippen molar-refractivity contribution in [1.82, 2.24) is 9.97 Å². The summed E-state index contributed by atoms with van der Waals surface area (Å²) in [6, 6.07) is 13.7. The van der Waals surface area contributed by atoms with Crippen LogP contribution in [-0.2, 0) is 6.61 Å². The maximum absolute atomic E-state index is 5.78. The lowest BCUT2D eigenvalue weighted by Crippen LogP contribution is -2.01. The Morgan fingerprint density at radius 2 is 2.00 bits per heavy atom. The van der Waals surface area contributed by atoms with Gasteiger partial charge in [-0.2, -0.15) is 0 Å². The number of nitrogen functional groups attached to an aromatic ring is 1. The fraction of sp³-hybridized carbons (Fsp3) is 0.125. The lowest BCUT2D eigenvalue weighted by atomic mass is 10.1. The number of ether oxygens (including phenoxy) is 1. The van der Waals surface area contributed by atoms with E-state index in [-0.39, 0.29) is 0 Å². The van der Waals surface area contributed by atoms with Gasteiger partial charge in [-0.3, -0.25) is 4.98 Å². The summed E-state index contributed by atoms with van der Waals surface area (Å²) < 4.78 is 5.77. The highest BCUT2D eigenvalue weighted by Crippen LogP contribution is 2.22. The summed E-state index contributed by atoms with van der Waals surface area (Å²) in [6.45, 7) is 2.42. The molecule has 0 aliphatic carbocycles. The standard InChI is InChI=1S/C16H15N3O/c1-11-9-12(13-5-2-3-6-14(13)19-11)10-20-15-7-4-8-18-16(15)17/h2-9H,10H2,1H3,(H2,17,18). The fourth-order valence-corrected chi connectivity index (χ4v) is 2.19. The molecule has 0 unspecified atom stereocenters. The molecule has 100 valence electrons. The van der Waals surface area contributed by atoms with Gasteiger partial charge in [0.25, 0.3) is 0 Å². The van der Waals surface area contributed by atoms with Crippen LogP contribution >= 0.6 is 0 Å². The molecule has 0 radical (unpaired) electrons. The zero-order valence-corrected chi connectivity index (χ0v) is 11.2. The van der Waals surface area contributed by atoms with Crippen molar-refractivity contribution in [3.05, 3.63) is 59.9 Å².